The Bertz CT molecular complexity index is 1690. The monoisotopic (exact) mass is 480 g/mol. The van der Waals surface area contributed by atoms with Gasteiger partial charge in [-0.15, -0.1) is 0 Å². The lowest BCUT2D eigenvalue weighted by molar-refractivity contribution is 0.123. The van der Waals surface area contributed by atoms with E-state index >= 15 is 0 Å². The summed E-state index contributed by atoms with van der Waals surface area (Å²) in [4.78, 5) is 0. The molecular formula is C35H28O2. The van der Waals surface area contributed by atoms with Crippen molar-refractivity contribution in [3.63, 3.8) is 0 Å². The highest BCUT2D eigenvalue weighted by Crippen LogP contribution is 2.42. The van der Waals surface area contributed by atoms with Crippen LogP contribution in [0.4, 0.5) is 0 Å². The Morgan fingerprint density at radius 1 is 0.568 bits per heavy atom. The Kier molecular flexibility index (Phi) is 6.18. The van der Waals surface area contributed by atoms with Crippen LogP contribution in [0.2, 0.25) is 0 Å². The first-order valence-electron chi connectivity index (χ1n) is 12.7. The lowest BCUT2D eigenvalue weighted by Gasteiger charge is -2.18. The highest BCUT2D eigenvalue weighted by molar-refractivity contribution is 6.09. The molecule has 0 bridgehead atoms. The molecule has 0 saturated heterocycles. The van der Waals surface area contributed by atoms with Gasteiger partial charge in [-0.05, 0) is 74.5 Å². The van der Waals surface area contributed by atoms with E-state index in [1.165, 1.54) is 33.0 Å². The molecule has 6 aromatic carbocycles. The summed E-state index contributed by atoms with van der Waals surface area (Å²) < 4.78 is 6.17. The molecule has 180 valence electrons. The summed E-state index contributed by atoms with van der Waals surface area (Å²) in [5.41, 5.74) is 6.95. The number of benzene rings is 6. The third-order valence-electron chi connectivity index (χ3n) is 6.83. The van der Waals surface area contributed by atoms with Gasteiger partial charge in [0.2, 0.25) is 0 Å². The first kappa shape index (κ1) is 23.0. The van der Waals surface area contributed by atoms with Gasteiger partial charge in [0, 0.05) is 5.56 Å². The molecule has 0 aliphatic carbocycles. The fourth-order valence-electron chi connectivity index (χ4n) is 5.04. The average molecular weight is 481 g/mol. The Hall–Kier alpha value is -4.40. The molecule has 1 unspecified atom stereocenters. The van der Waals surface area contributed by atoms with E-state index in [2.05, 4.69) is 109 Å². The summed E-state index contributed by atoms with van der Waals surface area (Å²) >= 11 is 0. The second-order valence-electron chi connectivity index (χ2n) is 9.51. The first-order chi connectivity index (χ1) is 18.2. The van der Waals surface area contributed by atoms with E-state index in [1.54, 1.807) is 6.92 Å². The number of fused-ring (bicyclic) bond motifs is 2. The predicted molar refractivity (Wildman–Crippen MR) is 155 cm³/mol. The maximum Gasteiger partial charge on any atom is 0.127 e. The largest absolute Gasteiger partial charge is 0.490 e. The molecule has 2 heteroatoms. The molecule has 0 spiro atoms. The minimum atomic E-state index is -0.551. The fourth-order valence-corrected chi connectivity index (χ4v) is 5.04. The molecule has 1 N–H and O–H groups in total. The van der Waals surface area contributed by atoms with Crippen molar-refractivity contribution >= 4 is 21.5 Å². The van der Waals surface area contributed by atoms with Crippen LogP contribution in [0, 0.1) is 0 Å². The van der Waals surface area contributed by atoms with Gasteiger partial charge in [-0.3, -0.25) is 0 Å². The van der Waals surface area contributed by atoms with Gasteiger partial charge in [-0.1, -0.05) is 109 Å². The van der Waals surface area contributed by atoms with Gasteiger partial charge in [0.1, 0.15) is 12.4 Å². The quantitative estimate of drug-likeness (QED) is 0.258. The molecule has 1 atom stereocenters. The van der Waals surface area contributed by atoms with Crippen LogP contribution in [0.3, 0.4) is 0 Å². The highest BCUT2D eigenvalue weighted by Gasteiger charge is 2.16. The molecule has 0 aliphatic rings. The zero-order valence-electron chi connectivity index (χ0n) is 20.8. The molecule has 2 nitrogen and oxygen atoms in total. The normalized spacial score (nSPS) is 12.1. The Morgan fingerprint density at radius 2 is 1.16 bits per heavy atom. The lowest BCUT2D eigenvalue weighted by atomic mass is 9.90. The smallest absolute Gasteiger partial charge is 0.127 e. The van der Waals surface area contributed by atoms with Crippen LogP contribution in [-0.4, -0.2) is 17.8 Å². The van der Waals surface area contributed by atoms with Crippen molar-refractivity contribution in [3.05, 3.63) is 127 Å². The molecule has 6 rings (SSSR count). The summed E-state index contributed by atoms with van der Waals surface area (Å²) in [5, 5.41) is 14.6. The topological polar surface area (TPSA) is 29.5 Å². The Balaban J connectivity index is 1.55. The zero-order chi connectivity index (χ0) is 25.2. The van der Waals surface area contributed by atoms with Gasteiger partial charge in [0.25, 0.3) is 0 Å². The average Bonchev–Trinajstić information content (AvgIpc) is 2.96. The molecular weight excluding hydrogens is 452 g/mol. The summed E-state index contributed by atoms with van der Waals surface area (Å²) in [5.74, 6) is 0.778. The van der Waals surface area contributed by atoms with Gasteiger partial charge in [-0.2, -0.15) is 0 Å². The minimum absolute atomic E-state index is 0.240. The van der Waals surface area contributed by atoms with E-state index in [4.69, 9.17) is 4.74 Å². The molecule has 0 saturated carbocycles. The van der Waals surface area contributed by atoms with Crippen LogP contribution < -0.4 is 4.74 Å². The van der Waals surface area contributed by atoms with E-state index in [1.807, 2.05) is 18.2 Å². The number of rotatable bonds is 6. The molecule has 0 amide bonds. The third kappa shape index (κ3) is 4.60. The number of aliphatic hydroxyl groups is 1. The van der Waals surface area contributed by atoms with Crippen LogP contribution in [0.1, 0.15) is 6.92 Å². The van der Waals surface area contributed by atoms with Crippen LogP contribution in [0.25, 0.3) is 54.9 Å². The van der Waals surface area contributed by atoms with E-state index in [0.717, 1.165) is 27.6 Å². The van der Waals surface area contributed by atoms with Crippen molar-refractivity contribution < 1.29 is 9.84 Å². The lowest BCUT2D eigenvalue weighted by Crippen LogP contribution is -2.13. The molecule has 0 fully saturated rings. The van der Waals surface area contributed by atoms with Crippen molar-refractivity contribution in [3.8, 4) is 39.1 Å². The maximum absolute atomic E-state index is 9.94. The summed E-state index contributed by atoms with van der Waals surface area (Å²) in [6, 6.07) is 44.8. The third-order valence-corrected chi connectivity index (χ3v) is 6.83. The van der Waals surface area contributed by atoms with E-state index in [0.29, 0.717) is 0 Å². The number of hydrogen-bond acceptors (Lipinski definition) is 2. The van der Waals surface area contributed by atoms with Crippen molar-refractivity contribution in [2.24, 2.45) is 0 Å². The van der Waals surface area contributed by atoms with Crippen molar-refractivity contribution in [1.29, 1.82) is 0 Å². The van der Waals surface area contributed by atoms with E-state index < -0.39 is 6.10 Å². The number of ether oxygens (including phenoxy) is 1. The van der Waals surface area contributed by atoms with Gasteiger partial charge in [0.05, 0.1) is 6.10 Å². The standard InChI is InChI=1S/C35H28O2/c1-24(36)23-37-34-20-17-30-22-28(26-11-6-3-7-12-26)16-19-32(30)35(34)33-14-8-13-29-21-27(15-18-31(29)33)25-9-4-2-5-10-25/h2-22,24,36H,23H2,1H3. The summed E-state index contributed by atoms with van der Waals surface area (Å²) in [7, 11) is 0. The second-order valence-corrected chi connectivity index (χ2v) is 9.51. The molecule has 0 radical (unpaired) electrons. The SMILES string of the molecule is CC(O)COc1ccc2cc(-c3ccccc3)ccc2c1-c1cccc2cc(-c3ccccc3)ccc12. The van der Waals surface area contributed by atoms with Gasteiger partial charge in [0.15, 0.2) is 0 Å². The Morgan fingerprint density at radius 3 is 1.78 bits per heavy atom. The zero-order valence-corrected chi connectivity index (χ0v) is 20.8. The van der Waals surface area contributed by atoms with Gasteiger partial charge >= 0.3 is 0 Å². The van der Waals surface area contributed by atoms with Crippen LogP contribution in [0.15, 0.2) is 127 Å². The van der Waals surface area contributed by atoms with Crippen LogP contribution in [-0.2, 0) is 0 Å². The number of hydrogen-bond donors (Lipinski definition) is 1. The maximum atomic E-state index is 9.94. The molecule has 0 aromatic heterocycles. The second kappa shape index (κ2) is 9.93. The molecule has 6 aromatic rings. The highest BCUT2D eigenvalue weighted by atomic mass is 16.5. The predicted octanol–water partition coefficient (Wildman–Crippen LogP) is 8.75. The van der Waals surface area contributed by atoms with Gasteiger partial charge in [-0.25, -0.2) is 0 Å². The van der Waals surface area contributed by atoms with Crippen LogP contribution >= 0.6 is 0 Å². The van der Waals surface area contributed by atoms with Crippen molar-refractivity contribution in [2.45, 2.75) is 13.0 Å². The summed E-state index contributed by atoms with van der Waals surface area (Å²) in [6.45, 7) is 1.99. The Labute approximate surface area is 217 Å². The molecule has 0 aliphatic heterocycles. The van der Waals surface area contributed by atoms with Crippen molar-refractivity contribution in [1.82, 2.24) is 0 Å². The molecule has 0 heterocycles. The number of aliphatic hydroxyl groups excluding tert-OH is 1. The summed E-state index contributed by atoms with van der Waals surface area (Å²) in [6.07, 6.45) is -0.551. The minimum Gasteiger partial charge on any atom is -0.490 e. The van der Waals surface area contributed by atoms with Gasteiger partial charge < -0.3 is 9.84 Å². The van der Waals surface area contributed by atoms with Crippen LogP contribution in [0.5, 0.6) is 5.75 Å². The van der Waals surface area contributed by atoms with Crippen molar-refractivity contribution in [2.75, 3.05) is 6.61 Å². The first-order valence-corrected chi connectivity index (χ1v) is 12.7. The molecule has 37 heavy (non-hydrogen) atoms. The fraction of sp³-hybridized carbons (Fsp3) is 0.0857. The van der Waals surface area contributed by atoms with E-state index in [9.17, 15) is 5.11 Å². The van der Waals surface area contributed by atoms with E-state index in [-0.39, 0.29) is 6.61 Å².